The van der Waals surface area contributed by atoms with Crippen molar-refractivity contribution >= 4 is 39.4 Å². The van der Waals surface area contributed by atoms with E-state index in [4.69, 9.17) is 37.5 Å². The molecular weight excluding hydrogens is 692 g/mol. The molecule has 0 amide bonds. The standard InChI is InChI=1S/C23H40O20S3/c1-9-13(24)17(36-2)11(7-37-45(30,31)32)40-22(9)42-19-15(26)16(27)23(43-20(19)21(28)29)41-18-12(8-38-46(33,34)35)39-10(14(18)25)5-3-4-6-44/h9-20,22-27,44H,3-8H2,1-2H3,(H,28,29)(H,30,31,32)(H,33,34,35)/t9?,10-,11?,12+,13+,14+,15+,16?,17+,18?,19-,20?,22-,23+/m0/s1. The van der Waals surface area contributed by atoms with Crippen LogP contribution in [-0.4, -0.2) is 163 Å². The van der Waals surface area contributed by atoms with Crippen LogP contribution in [0.1, 0.15) is 26.2 Å². The van der Waals surface area contributed by atoms with E-state index in [-0.39, 0.29) is 6.42 Å². The van der Waals surface area contributed by atoms with Crippen molar-refractivity contribution in [2.75, 3.05) is 26.1 Å². The minimum absolute atomic E-state index is 0.264. The molecule has 3 heterocycles. The van der Waals surface area contributed by atoms with Gasteiger partial charge >= 0.3 is 26.8 Å². The fourth-order valence-corrected chi connectivity index (χ4v) is 6.20. The van der Waals surface area contributed by atoms with Crippen LogP contribution < -0.4 is 0 Å². The van der Waals surface area contributed by atoms with Gasteiger partial charge in [-0.1, -0.05) is 6.92 Å². The van der Waals surface area contributed by atoms with Crippen molar-refractivity contribution in [1.82, 2.24) is 0 Å². The quantitative estimate of drug-likeness (QED) is 0.0442. The number of carbonyl (C=O) groups is 1. The average Bonchev–Trinajstić information content (AvgIpc) is 3.25. The zero-order valence-corrected chi connectivity index (χ0v) is 27.1. The number of aliphatic hydroxyl groups is 4. The molecule has 7 N–H and O–H groups in total. The van der Waals surface area contributed by atoms with Gasteiger partial charge in [0.2, 0.25) is 0 Å². The molecule has 0 aliphatic carbocycles. The van der Waals surface area contributed by atoms with Crippen LogP contribution >= 0.6 is 12.6 Å². The lowest BCUT2D eigenvalue weighted by Crippen LogP contribution is -2.64. The van der Waals surface area contributed by atoms with Crippen molar-refractivity contribution in [3.05, 3.63) is 0 Å². The zero-order valence-electron chi connectivity index (χ0n) is 24.5. The Morgan fingerprint density at radius 1 is 0.739 bits per heavy atom. The SMILES string of the molecule is CO[C@@H]1C(COS(=O)(=O)O)O[C@@H](O[C@@H]2C(C(=O)O)O[C@@H](OC3[C@@H](COS(=O)(=O)O)O[C@@H](CCCCS)[C@H]3O)C(O)[C@H]2O)C(C)[C@H]1O. The highest BCUT2D eigenvalue weighted by atomic mass is 32.3. The normalized spacial score (nSPS) is 40.6. The van der Waals surface area contributed by atoms with E-state index in [1.807, 2.05) is 0 Å². The number of unbranched alkanes of at least 4 members (excludes halogenated alkanes) is 1. The largest absolute Gasteiger partial charge is 0.479 e. The molecule has 3 saturated heterocycles. The van der Waals surface area contributed by atoms with E-state index < -0.39 is 126 Å². The van der Waals surface area contributed by atoms with Gasteiger partial charge in [0.25, 0.3) is 0 Å². The average molecular weight is 733 g/mol. The number of carboxylic acids is 1. The smallest absolute Gasteiger partial charge is 0.397 e. The Hall–Kier alpha value is -0.840. The summed E-state index contributed by atoms with van der Waals surface area (Å²) in [5, 5.41) is 53.4. The first-order valence-electron chi connectivity index (χ1n) is 14.0. The second-order valence-electron chi connectivity index (χ2n) is 10.9. The van der Waals surface area contributed by atoms with Crippen LogP contribution in [0.5, 0.6) is 0 Å². The van der Waals surface area contributed by atoms with Gasteiger partial charge in [-0.15, -0.1) is 0 Å². The van der Waals surface area contributed by atoms with Crippen LogP contribution in [-0.2, 0) is 62.4 Å². The minimum Gasteiger partial charge on any atom is -0.479 e. The van der Waals surface area contributed by atoms with Crippen molar-refractivity contribution < 1.29 is 93.1 Å². The van der Waals surface area contributed by atoms with Gasteiger partial charge in [-0.05, 0) is 25.0 Å². The van der Waals surface area contributed by atoms with E-state index in [1.165, 1.54) is 14.0 Å². The number of methoxy groups -OCH3 is 1. The molecule has 20 nitrogen and oxygen atoms in total. The first-order chi connectivity index (χ1) is 21.4. The van der Waals surface area contributed by atoms with E-state index in [0.29, 0.717) is 18.6 Å². The molecule has 14 atom stereocenters. The highest BCUT2D eigenvalue weighted by molar-refractivity contribution is 7.81. The third kappa shape index (κ3) is 10.3. The third-order valence-electron chi connectivity index (χ3n) is 7.72. The van der Waals surface area contributed by atoms with Gasteiger partial charge in [-0.2, -0.15) is 29.5 Å². The second-order valence-corrected chi connectivity index (χ2v) is 13.5. The van der Waals surface area contributed by atoms with E-state index in [9.17, 15) is 47.2 Å². The molecule has 270 valence electrons. The summed E-state index contributed by atoms with van der Waals surface area (Å²) in [6.07, 6.45) is -19.5. The van der Waals surface area contributed by atoms with Crippen LogP contribution in [0.4, 0.5) is 0 Å². The van der Waals surface area contributed by atoms with Crippen molar-refractivity contribution in [2.24, 2.45) is 5.92 Å². The molecule has 0 saturated carbocycles. The van der Waals surface area contributed by atoms with Gasteiger partial charge in [0.05, 0.1) is 25.4 Å². The Morgan fingerprint density at radius 2 is 1.30 bits per heavy atom. The number of hydrogen-bond acceptors (Lipinski definition) is 18. The predicted molar refractivity (Wildman–Crippen MR) is 150 cm³/mol. The van der Waals surface area contributed by atoms with Crippen molar-refractivity contribution in [2.45, 2.75) is 106 Å². The Bertz CT molecular complexity index is 1200. The van der Waals surface area contributed by atoms with Crippen LogP contribution in [0.15, 0.2) is 0 Å². The first kappa shape index (κ1) is 39.6. The maximum atomic E-state index is 12.2. The summed E-state index contributed by atoms with van der Waals surface area (Å²) < 4.78 is 104. The van der Waals surface area contributed by atoms with E-state index >= 15 is 0 Å². The fraction of sp³-hybridized carbons (Fsp3) is 0.957. The van der Waals surface area contributed by atoms with Crippen molar-refractivity contribution in [3.63, 3.8) is 0 Å². The molecule has 0 spiro atoms. The number of rotatable bonds is 16. The van der Waals surface area contributed by atoms with Gasteiger partial charge in [0.1, 0.15) is 48.8 Å². The molecule has 3 aliphatic rings. The van der Waals surface area contributed by atoms with E-state index in [1.54, 1.807) is 0 Å². The molecule has 5 unspecified atom stereocenters. The molecule has 0 aromatic carbocycles. The molecule has 0 bridgehead atoms. The lowest BCUT2D eigenvalue weighted by Gasteiger charge is -2.46. The van der Waals surface area contributed by atoms with E-state index in [0.717, 1.165) is 0 Å². The Kier molecular flexibility index (Phi) is 14.4. The molecule has 3 rings (SSSR count). The van der Waals surface area contributed by atoms with Gasteiger partial charge in [0, 0.05) is 13.0 Å². The maximum absolute atomic E-state index is 12.2. The zero-order chi connectivity index (χ0) is 34.6. The van der Waals surface area contributed by atoms with Gasteiger partial charge in [0.15, 0.2) is 18.7 Å². The van der Waals surface area contributed by atoms with Crippen LogP contribution in [0.3, 0.4) is 0 Å². The molecule has 0 aromatic heterocycles. The molecule has 0 aromatic rings. The second kappa shape index (κ2) is 16.7. The maximum Gasteiger partial charge on any atom is 0.397 e. The summed E-state index contributed by atoms with van der Waals surface area (Å²) in [7, 11) is -8.70. The van der Waals surface area contributed by atoms with Gasteiger partial charge in [-0.25, -0.2) is 13.2 Å². The Labute approximate surface area is 270 Å². The number of aliphatic carboxylic acids is 1. The molecule has 0 radical (unpaired) electrons. The lowest BCUT2D eigenvalue weighted by molar-refractivity contribution is -0.353. The third-order valence-corrected chi connectivity index (χ3v) is 8.90. The van der Waals surface area contributed by atoms with Gasteiger partial charge < -0.3 is 54.0 Å². The van der Waals surface area contributed by atoms with E-state index in [2.05, 4.69) is 21.0 Å². The molecule has 3 fully saturated rings. The summed E-state index contributed by atoms with van der Waals surface area (Å²) in [4.78, 5) is 12.2. The number of ether oxygens (including phenoxy) is 6. The summed E-state index contributed by atoms with van der Waals surface area (Å²) in [6, 6.07) is 0. The first-order valence-corrected chi connectivity index (χ1v) is 17.3. The summed E-state index contributed by atoms with van der Waals surface area (Å²) >= 11 is 4.11. The molecular formula is C23H40O20S3. The van der Waals surface area contributed by atoms with Crippen molar-refractivity contribution in [3.8, 4) is 0 Å². The number of aliphatic hydroxyl groups excluding tert-OH is 4. The van der Waals surface area contributed by atoms with Crippen LogP contribution in [0.2, 0.25) is 0 Å². The minimum atomic E-state index is -4.94. The lowest BCUT2D eigenvalue weighted by atomic mass is 9.91. The van der Waals surface area contributed by atoms with Gasteiger partial charge in [-0.3, -0.25) is 9.11 Å². The fourth-order valence-electron chi connectivity index (χ4n) is 5.36. The molecule has 23 heteroatoms. The molecule has 3 aliphatic heterocycles. The Morgan fingerprint density at radius 3 is 1.83 bits per heavy atom. The van der Waals surface area contributed by atoms with Crippen molar-refractivity contribution in [1.29, 1.82) is 0 Å². The number of carboxylic acid groups (broad SMARTS) is 1. The summed E-state index contributed by atoms with van der Waals surface area (Å²) in [5.74, 6) is -2.18. The monoisotopic (exact) mass is 732 g/mol. The number of hydrogen-bond donors (Lipinski definition) is 8. The topological polar surface area (TPSA) is 301 Å². The van der Waals surface area contributed by atoms with Crippen LogP contribution in [0, 0.1) is 5.92 Å². The predicted octanol–water partition coefficient (Wildman–Crippen LogP) is -3.11. The number of thiol groups is 1. The Balaban J connectivity index is 1.78. The highest BCUT2D eigenvalue weighted by Gasteiger charge is 2.55. The van der Waals surface area contributed by atoms with Crippen LogP contribution in [0.25, 0.3) is 0 Å². The summed E-state index contributed by atoms with van der Waals surface area (Å²) in [5.41, 5.74) is 0. The molecule has 46 heavy (non-hydrogen) atoms. The highest BCUT2D eigenvalue weighted by Crippen LogP contribution is 2.35. The summed E-state index contributed by atoms with van der Waals surface area (Å²) in [6.45, 7) is -0.291.